The Morgan fingerprint density at radius 3 is 1.40 bits per heavy atom. The molecular formula is C52H28F3N5. The third kappa shape index (κ3) is 5.69. The molecule has 0 bridgehead atoms. The predicted molar refractivity (Wildman–Crippen MR) is 234 cm³/mol. The normalized spacial score (nSPS) is 11.5. The second-order valence-corrected chi connectivity index (χ2v) is 14.5. The first-order valence-corrected chi connectivity index (χ1v) is 19.0. The number of nitriles is 1. The fourth-order valence-electron chi connectivity index (χ4n) is 8.62. The summed E-state index contributed by atoms with van der Waals surface area (Å²) < 4.78 is 52.9. The first-order chi connectivity index (χ1) is 29.3. The van der Waals surface area contributed by atoms with E-state index in [9.17, 15) is 5.26 Å². The van der Waals surface area contributed by atoms with Crippen LogP contribution < -0.4 is 0 Å². The number of halogens is 3. The maximum Gasteiger partial charge on any atom is 0.420 e. The van der Waals surface area contributed by atoms with Crippen LogP contribution in [0.4, 0.5) is 24.5 Å². The molecule has 282 valence electrons. The molecule has 10 aromatic rings. The topological polar surface area (TPSA) is 42.4 Å². The van der Waals surface area contributed by atoms with Crippen LogP contribution in [0.3, 0.4) is 0 Å². The van der Waals surface area contributed by atoms with Gasteiger partial charge in [0.1, 0.15) is 5.56 Å². The van der Waals surface area contributed by atoms with E-state index < -0.39 is 11.7 Å². The molecule has 10 rings (SSSR count). The number of benzene rings is 8. The number of aromatic nitrogens is 2. The molecule has 5 nitrogen and oxygen atoms in total. The minimum atomic E-state index is -4.88. The Hall–Kier alpha value is -8.38. The van der Waals surface area contributed by atoms with E-state index in [4.69, 9.17) is 13.1 Å². The van der Waals surface area contributed by atoms with Gasteiger partial charge in [0.05, 0.1) is 58.2 Å². The van der Waals surface area contributed by atoms with Gasteiger partial charge in [-0.25, -0.2) is 9.69 Å². The van der Waals surface area contributed by atoms with E-state index in [1.807, 2.05) is 109 Å². The number of hydrogen-bond acceptors (Lipinski definition) is 1. The van der Waals surface area contributed by atoms with Crippen molar-refractivity contribution in [1.82, 2.24) is 9.13 Å². The summed E-state index contributed by atoms with van der Waals surface area (Å²) in [6.45, 7) is 15.7. The van der Waals surface area contributed by atoms with Crippen LogP contribution in [0.5, 0.6) is 0 Å². The molecule has 0 saturated carbocycles. The first kappa shape index (κ1) is 36.0. The van der Waals surface area contributed by atoms with Gasteiger partial charge in [0.15, 0.2) is 11.4 Å². The summed E-state index contributed by atoms with van der Waals surface area (Å²) in [6.07, 6.45) is -4.88. The zero-order chi connectivity index (χ0) is 41.1. The van der Waals surface area contributed by atoms with Gasteiger partial charge in [0, 0.05) is 21.5 Å². The molecule has 0 fully saturated rings. The zero-order valence-corrected chi connectivity index (χ0v) is 31.5. The van der Waals surface area contributed by atoms with E-state index in [1.165, 1.54) is 0 Å². The molecule has 0 radical (unpaired) electrons. The average molecular weight is 780 g/mol. The fourth-order valence-corrected chi connectivity index (χ4v) is 8.62. The Morgan fingerprint density at radius 2 is 0.917 bits per heavy atom. The average Bonchev–Trinajstić information content (AvgIpc) is 3.80. The molecule has 0 aliphatic heterocycles. The lowest BCUT2D eigenvalue weighted by atomic mass is 9.97. The Labute approximate surface area is 342 Å². The molecule has 8 heteroatoms. The van der Waals surface area contributed by atoms with E-state index >= 15 is 13.2 Å². The molecule has 8 aromatic carbocycles. The molecule has 0 saturated heterocycles. The van der Waals surface area contributed by atoms with Gasteiger partial charge in [-0.05, 0) is 81.9 Å². The summed E-state index contributed by atoms with van der Waals surface area (Å²) in [7, 11) is 0. The van der Waals surface area contributed by atoms with Crippen LogP contribution in [0.25, 0.3) is 98.1 Å². The SMILES string of the molecule is [C-]#[N+]c1ccccc1-c1ccc2c3ccccc3n(-c3cc(-c4cccc(C#N)c4)cc(-n4c5ccccc5c5ccc(-c6ccccc6[N+]#[C-])cc54)c3C(F)(F)F)c2c1. The van der Waals surface area contributed by atoms with Gasteiger partial charge < -0.3 is 9.13 Å². The number of para-hydroxylation sites is 4. The van der Waals surface area contributed by atoms with Crippen LogP contribution in [0.1, 0.15) is 11.1 Å². The molecule has 0 unspecified atom stereocenters. The predicted octanol–water partition coefficient (Wildman–Crippen LogP) is 14.9. The smallest absolute Gasteiger partial charge is 0.309 e. The van der Waals surface area contributed by atoms with Gasteiger partial charge in [-0.1, -0.05) is 121 Å². The van der Waals surface area contributed by atoms with E-state index in [-0.39, 0.29) is 11.4 Å². The minimum absolute atomic E-state index is 0.0976. The van der Waals surface area contributed by atoms with Gasteiger partial charge in [-0.3, -0.25) is 0 Å². The van der Waals surface area contributed by atoms with Crippen molar-refractivity contribution in [1.29, 1.82) is 5.26 Å². The standard InChI is InChI=1S/C52H28F3N5/c1-57-43-18-7-3-14-37(43)34-22-24-41-39-16-5-9-20-45(39)59(47(41)27-34)49-29-36(33-13-11-12-32(26-33)31-56)30-50(51(49)52(53,54)55)60-46-21-10-6-17-40(46)42-25-23-35(28-48(42)60)38-15-4-8-19-44(38)58-2/h3-30H. The highest BCUT2D eigenvalue weighted by molar-refractivity contribution is 6.12. The van der Waals surface area contributed by atoms with Crippen molar-refractivity contribution in [3.05, 3.63) is 204 Å². The zero-order valence-electron chi connectivity index (χ0n) is 31.5. The van der Waals surface area contributed by atoms with Crippen molar-refractivity contribution < 1.29 is 13.2 Å². The van der Waals surface area contributed by atoms with Crippen molar-refractivity contribution in [3.63, 3.8) is 0 Å². The van der Waals surface area contributed by atoms with Crippen molar-refractivity contribution >= 4 is 55.0 Å². The highest BCUT2D eigenvalue weighted by atomic mass is 19.4. The molecule has 2 aromatic heterocycles. The highest BCUT2D eigenvalue weighted by Crippen LogP contribution is 2.47. The fraction of sp³-hybridized carbons (Fsp3) is 0.0192. The van der Waals surface area contributed by atoms with Gasteiger partial charge in [0.2, 0.25) is 0 Å². The van der Waals surface area contributed by atoms with E-state index in [2.05, 4.69) is 15.8 Å². The molecule has 60 heavy (non-hydrogen) atoms. The Kier molecular flexibility index (Phi) is 8.35. The molecule has 0 amide bonds. The van der Waals surface area contributed by atoms with Gasteiger partial charge in [-0.2, -0.15) is 18.4 Å². The molecular weight excluding hydrogens is 752 g/mol. The molecule has 0 spiro atoms. The third-order valence-corrected chi connectivity index (χ3v) is 11.2. The van der Waals surface area contributed by atoms with Gasteiger partial charge >= 0.3 is 6.18 Å². The molecule has 0 atom stereocenters. The van der Waals surface area contributed by atoms with Crippen LogP contribution in [0, 0.1) is 24.5 Å². The lowest BCUT2D eigenvalue weighted by molar-refractivity contribution is -0.137. The number of hydrogen-bond donors (Lipinski definition) is 0. The summed E-state index contributed by atoms with van der Waals surface area (Å²) in [5, 5.41) is 13.0. The molecule has 0 N–H and O–H groups in total. The molecule has 2 heterocycles. The van der Waals surface area contributed by atoms with Crippen molar-refractivity contribution in [2.75, 3.05) is 0 Å². The largest absolute Gasteiger partial charge is 0.420 e. The lowest BCUT2D eigenvalue weighted by Gasteiger charge is -2.23. The van der Waals surface area contributed by atoms with Crippen molar-refractivity contribution in [2.24, 2.45) is 0 Å². The summed E-state index contributed by atoms with van der Waals surface area (Å²) in [5.74, 6) is 0. The number of rotatable bonds is 5. The lowest BCUT2D eigenvalue weighted by Crippen LogP contribution is -2.16. The van der Waals surface area contributed by atoms with Crippen molar-refractivity contribution in [3.8, 4) is 50.8 Å². The Morgan fingerprint density at radius 1 is 0.450 bits per heavy atom. The number of alkyl halides is 3. The summed E-state index contributed by atoms with van der Waals surface area (Å²) >= 11 is 0. The molecule has 0 aliphatic rings. The second-order valence-electron chi connectivity index (χ2n) is 14.5. The molecule has 0 aliphatic carbocycles. The van der Waals surface area contributed by atoms with Crippen molar-refractivity contribution in [2.45, 2.75) is 6.18 Å². The first-order valence-electron chi connectivity index (χ1n) is 19.0. The monoisotopic (exact) mass is 779 g/mol. The van der Waals surface area contributed by atoms with Crippen LogP contribution in [-0.2, 0) is 6.18 Å². The van der Waals surface area contributed by atoms with E-state index in [0.717, 1.165) is 21.5 Å². The Balaban J connectivity index is 1.38. The maximum absolute atomic E-state index is 16.5. The maximum atomic E-state index is 16.5. The summed E-state index contributed by atoms with van der Waals surface area (Å²) in [5.41, 5.74) is 6.18. The summed E-state index contributed by atoms with van der Waals surface area (Å²) in [6, 6.07) is 52.8. The van der Waals surface area contributed by atoms with Gasteiger partial charge in [-0.15, -0.1) is 0 Å². The second kappa shape index (κ2) is 13.9. The third-order valence-electron chi connectivity index (χ3n) is 11.2. The minimum Gasteiger partial charge on any atom is -0.309 e. The number of nitrogens with zero attached hydrogens (tertiary/aromatic N) is 5. The number of fused-ring (bicyclic) bond motifs is 6. The summed E-state index contributed by atoms with van der Waals surface area (Å²) in [4.78, 5) is 7.47. The van der Waals surface area contributed by atoms with Crippen LogP contribution in [0.15, 0.2) is 170 Å². The quantitative estimate of drug-likeness (QED) is 0.160. The van der Waals surface area contributed by atoms with Crippen LogP contribution in [0.2, 0.25) is 0 Å². The van der Waals surface area contributed by atoms with Crippen LogP contribution in [-0.4, -0.2) is 9.13 Å². The van der Waals surface area contributed by atoms with E-state index in [0.29, 0.717) is 72.4 Å². The van der Waals surface area contributed by atoms with E-state index in [1.54, 1.807) is 69.8 Å². The van der Waals surface area contributed by atoms with Crippen LogP contribution >= 0.6 is 0 Å². The van der Waals surface area contributed by atoms with Gasteiger partial charge in [0.25, 0.3) is 0 Å². The Bertz CT molecular complexity index is 3330. The highest BCUT2D eigenvalue weighted by Gasteiger charge is 2.39.